The first-order valence-corrected chi connectivity index (χ1v) is 9.05. The lowest BCUT2D eigenvalue weighted by atomic mass is 10.2. The van der Waals surface area contributed by atoms with Crippen molar-refractivity contribution in [2.75, 3.05) is 10.6 Å². The Morgan fingerprint density at radius 1 is 1.27 bits per heavy atom. The predicted octanol–water partition coefficient (Wildman–Crippen LogP) is 3.98. The molecule has 2 heterocycles. The summed E-state index contributed by atoms with van der Waals surface area (Å²) in [5.74, 6) is 0.459. The molecule has 0 unspecified atom stereocenters. The van der Waals surface area contributed by atoms with Gasteiger partial charge in [-0.1, -0.05) is 16.8 Å². The van der Waals surface area contributed by atoms with E-state index in [1.165, 1.54) is 6.92 Å². The van der Waals surface area contributed by atoms with Gasteiger partial charge in [0.05, 0.1) is 10.7 Å². The Bertz CT molecular complexity index is 924. The molecule has 0 aliphatic rings. The number of aromatic nitrogens is 2. The van der Waals surface area contributed by atoms with Gasteiger partial charge < -0.3 is 15.2 Å². The molecular formula is C17H15ClN4O3S. The van der Waals surface area contributed by atoms with Crippen molar-refractivity contribution in [3.8, 4) is 11.4 Å². The average molecular weight is 391 g/mol. The number of thiophene rings is 1. The van der Waals surface area contributed by atoms with Crippen LogP contribution in [-0.4, -0.2) is 22.0 Å². The van der Waals surface area contributed by atoms with E-state index in [2.05, 4.69) is 20.8 Å². The van der Waals surface area contributed by atoms with Gasteiger partial charge in [0, 0.05) is 36.4 Å². The zero-order valence-corrected chi connectivity index (χ0v) is 15.4. The van der Waals surface area contributed by atoms with Crippen LogP contribution in [0.3, 0.4) is 0 Å². The van der Waals surface area contributed by atoms with Crippen molar-refractivity contribution < 1.29 is 14.1 Å². The Morgan fingerprint density at radius 2 is 2.12 bits per heavy atom. The number of aryl methyl sites for hydroxylation is 1. The molecule has 3 rings (SSSR count). The molecule has 26 heavy (non-hydrogen) atoms. The van der Waals surface area contributed by atoms with E-state index in [0.717, 1.165) is 5.56 Å². The molecule has 9 heteroatoms. The molecule has 134 valence electrons. The lowest BCUT2D eigenvalue weighted by Crippen LogP contribution is -2.13. The molecule has 2 aromatic heterocycles. The maximum absolute atomic E-state index is 12.1. The van der Waals surface area contributed by atoms with E-state index in [9.17, 15) is 9.59 Å². The molecule has 0 fully saturated rings. The van der Waals surface area contributed by atoms with Crippen molar-refractivity contribution in [2.24, 2.45) is 0 Å². The molecule has 1 aromatic carbocycles. The van der Waals surface area contributed by atoms with Gasteiger partial charge in [0.2, 0.25) is 23.5 Å². The summed E-state index contributed by atoms with van der Waals surface area (Å²) in [4.78, 5) is 27.6. The molecule has 2 amide bonds. The van der Waals surface area contributed by atoms with Gasteiger partial charge in [-0.3, -0.25) is 9.59 Å². The highest BCUT2D eigenvalue weighted by Gasteiger charge is 2.12. The predicted molar refractivity (Wildman–Crippen MR) is 100 cm³/mol. The minimum Gasteiger partial charge on any atom is -0.339 e. The number of anilines is 2. The van der Waals surface area contributed by atoms with E-state index in [0.29, 0.717) is 34.5 Å². The third kappa shape index (κ3) is 4.68. The van der Waals surface area contributed by atoms with Gasteiger partial charge in [-0.15, -0.1) is 0 Å². The zero-order chi connectivity index (χ0) is 18.5. The smallest absolute Gasteiger partial charge is 0.227 e. The second kappa shape index (κ2) is 8.11. The molecule has 7 nitrogen and oxygen atoms in total. The van der Waals surface area contributed by atoms with E-state index in [1.807, 2.05) is 16.8 Å². The van der Waals surface area contributed by atoms with Crippen LogP contribution in [0.15, 0.2) is 39.5 Å². The summed E-state index contributed by atoms with van der Waals surface area (Å²) in [5.41, 5.74) is 1.86. The number of carbonyl (C=O) groups excluding carboxylic acids is 2. The maximum Gasteiger partial charge on any atom is 0.227 e. The Balaban J connectivity index is 1.57. The van der Waals surface area contributed by atoms with Crippen LogP contribution >= 0.6 is 22.9 Å². The van der Waals surface area contributed by atoms with Crippen LogP contribution in [0, 0.1) is 0 Å². The van der Waals surface area contributed by atoms with E-state index in [4.69, 9.17) is 16.1 Å². The number of halogens is 1. The van der Waals surface area contributed by atoms with Crippen LogP contribution in [0.1, 0.15) is 19.2 Å². The summed E-state index contributed by atoms with van der Waals surface area (Å²) < 4.78 is 5.17. The molecular weight excluding hydrogens is 376 g/mol. The van der Waals surface area contributed by atoms with Crippen molar-refractivity contribution in [1.82, 2.24) is 10.1 Å². The van der Waals surface area contributed by atoms with E-state index >= 15 is 0 Å². The van der Waals surface area contributed by atoms with E-state index < -0.39 is 0 Å². The number of hydrogen-bond donors (Lipinski definition) is 2. The Morgan fingerprint density at radius 3 is 2.85 bits per heavy atom. The highest BCUT2D eigenvalue weighted by atomic mass is 35.5. The highest BCUT2D eigenvalue weighted by molar-refractivity contribution is 7.08. The molecule has 3 aromatic rings. The first-order chi connectivity index (χ1) is 12.5. The summed E-state index contributed by atoms with van der Waals surface area (Å²) in [5, 5.41) is 13.5. The maximum atomic E-state index is 12.1. The number of nitrogens with one attached hydrogen (secondary N) is 2. The van der Waals surface area contributed by atoms with Gasteiger partial charge in [-0.05, 0) is 29.6 Å². The summed E-state index contributed by atoms with van der Waals surface area (Å²) in [6.07, 6.45) is 0.512. The fourth-order valence-electron chi connectivity index (χ4n) is 2.20. The second-order valence-corrected chi connectivity index (χ2v) is 6.63. The van der Waals surface area contributed by atoms with Crippen molar-refractivity contribution in [3.05, 3.63) is 45.9 Å². The molecule has 0 saturated heterocycles. The highest BCUT2D eigenvalue weighted by Crippen LogP contribution is 2.25. The van der Waals surface area contributed by atoms with Gasteiger partial charge in [-0.25, -0.2) is 0 Å². The second-order valence-electron chi connectivity index (χ2n) is 5.45. The standard InChI is InChI=1S/C17H15ClN4O3S/c1-10(23)19-14-8-12(2-3-13(14)18)20-15(24)4-5-16-21-17(22-25-16)11-6-7-26-9-11/h2-3,6-9H,4-5H2,1H3,(H,19,23)(H,20,24). The molecule has 0 aliphatic carbocycles. The lowest BCUT2D eigenvalue weighted by Gasteiger charge is -2.09. The normalized spacial score (nSPS) is 10.5. The Kier molecular flexibility index (Phi) is 5.65. The van der Waals surface area contributed by atoms with Crippen LogP contribution in [0.25, 0.3) is 11.4 Å². The average Bonchev–Trinajstić information content (AvgIpc) is 3.26. The van der Waals surface area contributed by atoms with Crippen molar-refractivity contribution in [2.45, 2.75) is 19.8 Å². The first kappa shape index (κ1) is 18.1. The third-order valence-electron chi connectivity index (χ3n) is 3.37. The summed E-state index contributed by atoms with van der Waals surface area (Å²) >= 11 is 7.56. The SMILES string of the molecule is CC(=O)Nc1cc(NC(=O)CCc2nc(-c3ccsc3)no2)ccc1Cl. The quantitative estimate of drug-likeness (QED) is 0.663. The molecule has 0 saturated carbocycles. The first-order valence-electron chi connectivity index (χ1n) is 7.73. The lowest BCUT2D eigenvalue weighted by molar-refractivity contribution is -0.116. The molecule has 0 aliphatic heterocycles. The van der Waals surface area contributed by atoms with Crippen molar-refractivity contribution in [1.29, 1.82) is 0 Å². The van der Waals surface area contributed by atoms with Crippen LogP contribution in [-0.2, 0) is 16.0 Å². The van der Waals surface area contributed by atoms with Gasteiger partial charge in [0.15, 0.2) is 0 Å². The number of hydrogen-bond acceptors (Lipinski definition) is 6. The fourth-order valence-corrected chi connectivity index (χ4v) is 3.00. The van der Waals surface area contributed by atoms with Crippen LogP contribution < -0.4 is 10.6 Å². The fraction of sp³-hybridized carbons (Fsp3) is 0.176. The minimum absolute atomic E-state index is 0.184. The van der Waals surface area contributed by atoms with Crippen molar-refractivity contribution >= 4 is 46.1 Å². The van der Waals surface area contributed by atoms with Crippen molar-refractivity contribution in [3.63, 3.8) is 0 Å². The van der Waals surface area contributed by atoms with Gasteiger partial charge >= 0.3 is 0 Å². The van der Waals surface area contributed by atoms with E-state index in [-0.39, 0.29) is 18.2 Å². The monoisotopic (exact) mass is 390 g/mol. The summed E-state index contributed by atoms with van der Waals surface area (Å²) in [6, 6.07) is 6.77. The van der Waals surface area contributed by atoms with Crippen LogP contribution in [0.4, 0.5) is 11.4 Å². The molecule has 0 atom stereocenters. The van der Waals surface area contributed by atoms with Gasteiger partial charge in [0.1, 0.15) is 0 Å². The zero-order valence-electron chi connectivity index (χ0n) is 13.8. The van der Waals surface area contributed by atoms with Crippen LogP contribution in [0.2, 0.25) is 5.02 Å². The largest absolute Gasteiger partial charge is 0.339 e. The Hall–Kier alpha value is -2.71. The topological polar surface area (TPSA) is 97.1 Å². The molecule has 0 spiro atoms. The number of carbonyl (C=O) groups is 2. The van der Waals surface area contributed by atoms with Gasteiger partial charge in [0.25, 0.3) is 0 Å². The third-order valence-corrected chi connectivity index (χ3v) is 4.39. The van der Waals surface area contributed by atoms with E-state index in [1.54, 1.807) is 29.5 Å². The molecule has 0 radical (unpaired) electrons. The molecule has 0 bridgehead atoms. The number of nitrogens with zero attached hydrogens (tertiary/aromatic N) is 2. The summed E-state index contributed by atoms with van der Waals surface area (Å²) in [7, 11) is 0. The number of benzene rings is 1. The molecule has 2 N–H and O–H groups in total. The minimum atomic E-state index is -0.242. The number of rotatable bonds is 6. The number of amides is 2. The summed E-state index contributed by atoms with van der Waals surface area (Å²) in [6.45, 7) is 1.39. The van der Waals surface area contributed by atoms with Crippen LogP contribution in [0.5, 0.6) is 0 Å². The van der Waals surface area contributed by atoms with Gasteiger partial charge in [-0.2, -0.15) is 16.3 Å². The Labute approximate surface area is 158 Å².